The topological polar surface area (TPSA) is 42.4 Å². The fourth-order valence-corrected chi connectivity index (χ4v) is 2.90. The van der Waals surface area contributed by atoms with Crippen LogP contribution in [0, 0.1) is 6.92 Å². The van der Waals surface area contributed by atoms with Crippen LogP contribution in [0.25, 0.3) is 0 Å². The first-order valence-electron chi connectivity index (χ1n) is 7.05. The largest absolute Gasteiger partial charge is 0.494 e. The zero-order valence-corrected chi connectivity index (χ0v) is 14.5. The van der Waals surface area contributed by atoms with E-state index in [9.17, 15) is 4.79 Å². The van der Waals surface area contributed by atoms with Crippen molar-refractivity contribution in [3.63, 3.8) is 0 Å². The number of carbonyl (C=O) groups excluding carboxylic acids is 1. The van der Waals surface area contributed by atoms with Gasteiger partial charge in [-0.05, 0) is 32.0 Å². The SMILES string of the molecule is CCOc1ccc(Cl)cc1CN(C)C(=O)Cc1csc(C)n1. The van der Waals surface area contributed by atoms with Gasteiger partial charge in [0.2, 0.25) is 5.91 Å². The fraction of sp³-hybridized carbons (Fsp3) is 0.375. The average molecular weight is 339 g/mol. The molecule has 0 radical (unpaired) electrons. The van der Waals surface area contributed by atoms with Crippen LogP contribution < -0.4 is 4.74 Å². The molecule has 0 spiro atoms. The summed E-state index contributed by atoms with van der Waals surface area (Å²) in [4.78, 5) is 18.3. The first-order chi connectivity index (χ1) is 10.5. The molecule has 1 amide bonds. The Bertz CT molecular complexity index is 657. The third-order valence-corrected chi connectivity index (χ3v) is 4.21. The number of benzene rings is 1. The molecule has 6 heteroatoms. The van der Waals surface area contributed by atoms with Crippen LogP contribution >= 0.6 is 22.9 Å². The first kappa shape index (κ1) is 16.8. The van der Waals surface area contributed by atoms with Gasteiger partial charge in [0.1, 0.15) is 5.75 Å². The van der Waals surface area contributed by atoms with Crippen LogP contribution in [0.2, 0.25) is 5.02 Å². The molecule has 1 aromatic heterocycles. The van der Waals surface area contributed by atoms with E-state index in [2.05, 4.69) is 4.98 Å². The fourth-order valence-electron chi connectivity index (χ4n) is 2.09. The minimum Gasteiger partial charge on any atom is -0.494 e. The van der Waals surface area contributed by atoms with Gasteiger partial charge in [0.15, 0.2) is 0 Å². The molecule has 2 aromatic rings. The molecule has 0 aliphatic rings. The predicted molar refractivity (Wildman–Crippen MR) is 89.7 cm³/mol. The highest BCUT2D eigenvalue weighted by molar-refractivity contribution is 7.09. The van der Waals surface area contributed by atoms with Crippen molar-refractivity contribution in [3.8, 4) is 5.75 Å². The van der Waals surface area contributed by atoms with E-state index in [0.29, 0.717) is 24.6 Å². The number of hydrogen-bond acceptors (Lipinski definition) is 4. The van der Waals surface area contributed by atoms with Crippen LogP contribution in [0.3, 0.4) is 0 Å². The highest BCUT2D eigenvalue weighted by atomic mass is 35.5. The van der Waals surface area contributed by atoms with E-state index in [1.54, 1.807) is 29.4 Å². The maximum absolute atomic E-state index is 12.3. The molecule has 0 fully saturated rings. The summed E-state index contributed by atoms with van der Waals surface area (Å²) in [6.45, 7) is 4.89. The Balaban J connectivity index is 2.05. The maximum Gasteiger partial charge on any atom is 0.228 e. The number of thiazole rings is 1. The third kappa shape index (κ3) is 4.45. The molecule has 4 nitrogen and oxygen atoms in total. The van der Waals surface area contributed by atoms with E-state index in [0.717, 1.165) is 22.0 Å². The number of aromatic nitrogens is 1. The van der Waals surface area contributed by atoms with Crippen LogP contribution in [-0.4, -0.2) is 29.4 Å². The summed E-state index contributed by atoms with van der Waals surface area (Å²) in [5, 5.41) is 3.53. The summed E-state index contributed by atoms with van der Waals surface area (Å²) in [5.74, 6) is 0.781. The second-order valence-electron chi connectivity index (χ2n) is 4.97. The maximum atomic E-state index is 12.3. The number of ether oxygens (including phenoxy) is 1. The van der Waals surface area contributed by atoms with E-state index in [1.807, 2.05) is 31.4 Å². The zero-order valence-electron chi connectivity index (χ0n) is 12.9. The summed E-state index contributed by atoms with van der Waals surface area (Å²) >= 11 is 7.60. The predicted octanol–water partition coefficient (Wildman–Crippen LogP) is 3.70. The second kappa shape index (κ2) is 7.61. The first-order valence-corrected chi connectivity index (χ1v) is 8.31. The van der Waals surface area contributed by atoms with Gasteiger partial charge in [-0.15, -0.1) is 11.3 Å². The van der Waals surface area contributed by atoms with Gasteiger partial charge in [-0.3, -0.25) is 4.79 Å². The second-order valence-corrected chi connectivity index (χ2v) is 6.47. The Morgan fingerprint density at radius 3 is 2.86 bits per heavy atom. The van der Waals surface area contributed by atoms with Crippen LogP contribution in [0.5, 0.6) is 5.75 Å². The molecule has 118 valence electrons. The number of likely N-dealkylation sites (N-methyl/N-ethyl adjacent to an activating group) is 1. The van der Waals surface area contributed by atoms with Crippen LogP contribution in [-0.2, 0) is 17.8 Å². The summed E-state index contributed by atoms with van der Waals surface area (Å²) in [5.41, 5.74) is 1.72. The molecule has 1 heterocycles. The quantitative estimate of drug-likeness (QED) is 0.806. The highest BCUT2D eigenvalue weighted by Crippen LogP contribution is 2.24. The number of rotatable bonds is 6. The van der Waals surface area contributed by atoms with Crippen molar-refractivity contribution in [2.45, 2.75) is 26.8 Å². The van der Waals surface area contributed by atoms with Gasteiger partial charge in [0.25, 0.3) is 0 Å². The minimum atomic E-state index is 0.0210. The van der Waals surface area contributed by atoms with E-state index >= 15 is 0 Å². The molecule has 22 heavy (non-hydrogen) atoms. The van der Waals surface area contributed by atoms with Crippen molar-refractivity contribution >= 4 is 28.8 Å². The van der Waals surface area contributed by atoms with Crippen molar-refractivity contribution in [3.05, 3.63) is 44.9 Å². The van der Waals surface area contributed by atoms with Crippen LogP contribution in [0.15, 0.2) is 23.6 Å². The minimum absolute atomic E-state index is 0.0210. The lowest BCUT2D eigenvalue weighted by Crippen LogP contribution is -2.28. The van der Waals surface area contributed by atoms with Gasteiger partial charge in [-0.1, -0.05) is 11.6 Å². The monoisotopic (exact) mass is 338 g/mol. The standard InChI is InChI=1S/C16H19ClN2O2S/c1-4-21-15-6-5-13(17)7-12(15)9-19(3)16(20)8-14-10-22-11(2)18-14/h5-7,10H,4,8-9H2,1-3H3. The Kier molecular flexibility index (Phi) is 5.80. The number of nitrogens with zero attached hydrogens (tertiary/aromatic N) is 2. The summed E-state index contributed by atoms with van der Waals surface area (Å²) in [7, 11) is 1.78. The molecule has 0 N–H and O–H groups in total. The molecular formula is C16H19ClN2O2S. The normalized spacial score (nSPS) is 10.5. The lowest BCUT2D eigenvalue weighted by molar-refractivity contribution is -0.129. The van der Waals surface area contributed by atoms with Crippen LogP contribution in [0.4, 0.5) is 0 Å². The van der Waals surface area contributed by atoms with Gasteiger partial charge in [0, 0.05) is 29.6 Å². The van der Waals surface area contributed by atoms with Gasteiger partial charge in [-0.2, -0.15) is 0 Å². The number of halogens is 1. The molecule has 0 aliphatic carbocycles. The Morgan fingerprint density at radius 2 is 2.23 bits per heavy atom. The molecule has 1 aromatic carbocycles. The van der Waals surface area contributed by atoms with E-state index in [4.69, 9.17) is 16.3 Å². The van der Waals surface area contributed by atoms with E-state index < -0.39 is 0 Å². The molecule has 2 rings (SSSR count). The third-order valence-electron chi connectivity index (χ3n) is 3.15. The smallest absolute Gasteiger partial charge is 0.228 e. The lowest BCUT2D eigenvalue weighted by atomic mass is 10.2. The molecular weight excluding hydrogens is 320 g/mol. The van der Waals surface area contributed by atoms with Crippen LogP contribution in [0.1, 0.15) is 23.2 Å². The molecule has 0 unspecified atom stereocenters. The van der Waals surface area contributed by atoms with Crippen molar-refractivity contribution in [1.29, 1.82) is 0 Å². The van der Waals surface area contributed by atoms with Crippen molar-refractivity contribution in [1.82, 2.24) is 9.88 Å². The van der Waals surface area contributed by atoms with Gasteiger partial charge < -0.3 is 9.64 Å². The Hall–Kier alpha value is -1.59. The molecule has 0 atom stereocenters. The number of carbonyl (C=O) groups is 1. The number of hydrogen-bond donors (Lipinski definition) is 0. The van der Waals surface area contributed by atoms with Gasteiger partial charge in [-0.25, -0.2) is 4.98 Å². The number of aryl methyl sites for hydroxylation is 1. The van der Waals surface area contributed by atoms with Crippen molar-refractivity contribution in [2.24, 2.45) is 0 Å². The van der Waals surface area contributed by atoms with E-state index in [-0.39, 0.29) is 5.91 Å². The van der Waals surface area contributed by atoms with Crippen molar-refractivity contribution in [2.75, 3.05) is 13.7 Å². The number of amides is 1. The Labute approximate surface area is 139 Å². The van der Waals surface area contributed by atoms with Crippen molar-refractivity contribution < 1.29 is 9.53 Å². The summed E-state index contributed by atoms with van der Waals surface area (Å²) in [6, 6.07) is 5.46. The summed E-state index contributed by atoms with van der Waals surface area (Å²) in [6.07, 6.45) is 0.311. The van der Waals surface area contributed by atoms with Gasteiger partial charge in [0.05, 0.1) is 23.7 Å². The highest BCUT2D eigenvalue weighted by Gasteiger charge is 2.14. The van der Waals surface area contributed by atoms with E-state index in [1.165, 1.54) is 0 Å². The lowest BCUT2D eigenvalue weighted by Gasteiger charge is -2.19. The molecule has 0 bridgehead atoms. The molecule has 0 aliphatic heterocycles. The molecule has 0 saturated carbocycles. The Morgan fingerprint density at radius 1 is 1.45 bits per heavy atom. The van der Waals surface area contributed by atoms with Gasteiger partial charge >= 0.3 is 0 Å². The zero-order chi connectivity index (χ0) is 16.1. The molecule has 0 saturated heterocycles. The summed E-state index contributed by atoms with van der Waals surface area (Å²) < 4.78 is 5.59. The average Bonchev–Trinajstić information content (AvgIpc) is 2.87.